The van der Waals surface area contributed by atoms with Crippen molar-refractivity contribution < 1.29 is 33.8 Å². The highest BCUT2D eigenvalue weighted by atomic mass is 16.5. The molecule has 2 fully saturated rings. The van der Waals surface area contributed by atoms with Gasteiger partial charge in [-0.1, -0.05) is 13.3 Å². The number of nitrogens with two attached hydrogens (primary N) is 3. The van der Waals surface area contributed by atoms with Crippen LogP contribution in [0, 0.1) is 28.6 Å². The van der Waals surface area contributed by atoms with Crippen LogP contribution in [0.25, 0.3) is 0 Å². The zero-order valence-corrected chi connectivity index (χ0v) is 21.4. The minimum atomic E-state index is -2.76. The summed E-state index contributed by atoms with van der Waals surface area (Å²) < 4.78 is 5.85. The number of phenols is 1. The van der Waals surface area contributed by atoms with Gasteiger partial charge in [-0.05, 0) is 45.5 Å². The number of hydrogen-bond acceptors (Lipinski definition) is 11. The van der Waals surface area contributed by atoms with E-state index in [0.717, 1.165) is 12.8 Å². The van der Waals surface area contributed by atoms with Gasteiger partial charge in [0, 0.05) is 11.1 Å². The Hall–Kier alpha value is -3.66. The number of aromatic hydroxyl groups is 1. The number of ether oxygens (including phenoxy) is 1. The second-order valence-electron chi connectivity index (χ2n) is 10.8. The molecule has 1 amide bonds. The van der Waals surface area contributed by atoms with E-state index in [2.05, 4.69) is 0 Å². The Labute approximate surface area is 219 Å². The van der Waals surface area contributed by atoms with Crippen LogP contribution in [0.15, 0.2) is 12.1 Å². The number of phenolic OH excluding ortho intramolecular Hbond substituents is 1. The fraction of sp³-hybridized carbons (Fsp3) is 0.538. The maximum Gasteiger partial charge on any atom is 0.235 e. The van der Waals surface area contributed by atoms with E-state index in [1.165, 1.54) is 31.1 Å². The number of carbonyl (C=O) groups excluding carboxylic acids is 5. The minimum absolute atomic E-state index is 0.164. The number of rotatable bonds is 6. The molecular weight excluding hydrogens is 494 g/mol. The van der Waals surface area contributed by atoms with Crippen LogP contribution < -0.4 is 21.9 Å². The van der Waals surface area contributed by atoms with E-state index in [-0.39, 0.29) is 17.5 Å². The smallest absolute Gasteiger partial charge is 0.235 e. The standard InChI is InChI=1S/C26H31N5O7/c1-4-5-8-38-14-7-6-13(32)15-12(14)9-24(29)10-26(30)20(31(2)3)19(34)16(23(28)37)21(35)25(26,11-27)22(36)17(24)18(15)33/h6-7,16-17,20,32H,4-5,8-10,29-30H2,1-3H3,(H2,28,37)/t16?,17?,20-,24-,25+,26-/m1/s1. The normalized spacial score (nSPS) is 34.3. The molecule has 1 aromatic carbocycles. The summed E-state index contributed by atoms with van der Waals surface area (Å²) in [4.78, 5) is 68.7. The SMILES string of the molecule is CCCCOc1ccc(O)c2c1C[C@@]1(N)C[C@@]3(N)[C@H](N(C)C)C(=O)C(C(N)=O)C(=O)[C@@]3(C#N)C(=O)C1C2=O. The zero-order chi connectivity index (χ0) is 28.4. The van der Waals surface area contributed by atoms with Gasteiger partial charge in [-0.3, -0.25) is 28.9 Å². The lowest BCUT2D eigenvalue weighted by molar-refractivity contribution is -0.166. The van der Waals surface area contributed by atoms with Crippen LogP contribution in [0.3, 0.4) is 0 Å². The molecule has 6 atom stereocenters. The van der Waals surface area contributed by atoms with Gasteiger partial charge in [0.05, 0.1) is 29.8 Å². The summed E-state index contributed by atoms with van der Waals surface area (Å²) in [5.74, 6) is -9.70. The third-order valence-corrected chi connectivity index (χ3v) is 8.19. The first-order valence-corrected chi connectivity index (χ1v) is 12.3. The third-order valence-electron chi connectivity index (χ3n) is 8.19. The van der Waals surface area contributed by atoms with Gasteiger partial charge in [-0.25, -0.2) is 0 Å². The van der Waals surface area contributed by atoms with Gasteiger partial charge < -0.3 is 27.0 Å². The quantitative estimate of drug-likeness (QED) is 0.260. The third kappa shape index (κ3) is 3.35. The van der Waals surface area contributed by atoms with E-state index >= 15 is 0 Å². The number of carbonyl (C=O) groups is 5. The number of fused-ring (bicyclic) bond motifs is 3. The van der Waals surface area contributed by atoms with Gasteiger partial charge in [0.15, 0.2) is 34.5 Å². The molecule has 3 aliphatic rings. The number of amides is 1. The van der Waals surface area contributed by atoms with E-state index in [1.54, 1.807) is 6.07 Å². The van der Waals surface area contributed by atoms with Crippen molar-refractivity contribution in [2.75, 3.05) is 20.7 Å². The summed E-state index contributed by atoms with van der Waals surface area (Å²) in [7, 11) is 2.90. The molecule has 0 aliphatic heterocycles. The first-order chi connectivity index (χ1) is 17.7. The number of likely N-dealkylation sites (N-methyl/N-ethyl adjacent to an activating group) is 1. The lowest BCUT2D eigenvalue weighted by atomic mass is 9.43. The van der Waals surface area contributed by atoms with Gasteiger partial charge in [0.2, 0.25) is 5.91 Å². The highest BCUT2D eigenvalue weighted by Crippen LogP contribution is 2.56. The molecule has 38 heavy (non-hydrogen) atoms. The molecular formula is C26H31N5O7. The number of primary amides is 1. The summed E-state index contributed by atoms with van der Waals surface area (Å²) in [6, 6.07) is 2.99. The first-order valence-electron chi connectivity index (χ1n) is 12.3. The monoisotopic (exact) mass is 525 g/mol. The van der Waals surface area contributed by atoms with Gasteiger partial charge in [-0.2, -0.15) is 5.26 Å². The topological polar surface area (TPSA) is 220 Å². The van der Waals surface area contributed by atoms with Gasteiger partial charge >= 0.3 is 0 Å². The van der Waals surface area contributed by atoms with Crippen LogP contribution >= 0.6 is 0 Å². The molecule has 0 aromatic heterocycles. The summed E-state index contributed by atoms with van der Waals surface area (Å²) in [5.41, 5.74) is 12.3. The minimum Gasteiger partial charge on any atom is -0.507 e. The summed E-state index contributed by atoms with van der Waals surface area (Å²) in [6.07, 6.45) is 0.946. The summed E-state index contributed by atoms with van der Waals surface area (Å²) in [5, 5.41) is 21.0. The second-order valence-corrected chi connectivity index (χ2v) is 10.8. The van der Waals surface area contributed by atoms with Crippen LogP contribution in [-0.4, -0.2) is 76.9 Å². The molecule has 0 spiro atoms. The average molecular weight is 526 g/mol. The Morgan fingerprint density at radius 3 is 2.42 bits per heavy atom. The van der Waals surface area contributed by atoms with Crippen molar-refractivity contribution in [3.63, 3.8) is 0 Å². The van der Waals surface area contributed by atoms with Crippen molar-refractivity contribution in [1.29, 1.82) is 5.26 Å². The fourth-order valence-corrected chi connectivity index (χ4v) is 6.64. The molecule has 2 unspecified atom stereocenters. The maximum absolute atomic E-state index is 14.2. The molecule has 3 aliphatic carbocycles. The molecule has 0 bridgehead atoms. The molecule has 0 radical (unpaired) electrons. The molecule has 7 N–H and O–H groups in total. The van der Waals surface area contributed by atoms with Crippen LogP contribution in [-0.2, 0) is 25.6 Å². The van der Waals surface area contributed by atoms with Crippen molar-refractivity contribution in [3.05, 3.63) is 23.3 Å². The summed E-state index contributed by atoms with van der Waals surface area (Å²) >= 11 is 0. The number of hydrogen-bond donors (Lipinski definition) is 4. The van der Waals surface area contributed by atoms with E-state index in [4.69, 9.17) is 21.9 Å². The number of nitriles is 1. The lowest BCUT2D eigenvalue weighted by Gasteiger charge is -2.60. The molecule has 4 rings (SSSR count). The predicted octanol–water partition coefficient (Wildman–Crippen LogP) is -1.01. The number of benzene rings is 1. The van der Waals surface area contributed by atoms with Crippen molar-refractivity contribution in [3.8, 4) is 17.6 Å². The van der Waals surface area contributed by atoms with Crippen LogP contribution in [0.1, 0.15) is 42.1 Å². The van der Waals surface area contributed by atoms with E-state index in [9.17, 15) is 34.3 Å². The van der Waals surface area contributed by atoms with Crippen LogP contribution in [0.4, 0.5) is 0 Å². The second kappa shape index (κ2) is 8.97. The van der Waals surface area contributed by atoms with Gasteiger partial charge in [-0.15, -0.1) is 0 Å². The fourth-order valence-electron chi connectivity index (χ4n) is 6.64. The molecule has 2 saturated carbocycles. The average Bonchev–Trinajstić information content (AvgIpc) is 2.79. The van der Waals surface area contributed by atoms with E-state index < -0.39 is 75.6 Å². The Morgan fingerprint density at radius 1 is 1.21 bits per heavy atom. The van der Waals surface area contributed by atoms with Crippen LogP contribution in [0.2, 0.25) is 0 Å². The van der Waals surface area contributed by atoms with Gasteiger partial charge in [0.1, 0.15) is 17.4 Å². The number of ketones is 4. The molecule has 12 nitrogen and oxygen atoms in total. The Bertz CT molecular complexity index is 1320. The highest BCUT2D eigenvalue weighted by molar-refractivity contribution is 6.33. The molecule has 0 saturated heterocycles. The number of unbranched alkanes of at least 4 members (excludes halogenated alkanes) is 1. The van der Waals surface area contributed by atoms with Crippen molar-refractivity contribution in [1.82, 2.24) is 4.90 Å². The van der Waals surface area contributed by atoms with Crippen LogP contribution in [0.5, 0.6) is 11.5 Å². The Balaban J connectivity index is 1.96. The van der Waals surface area contributed by atoms with E-state index in [0.29, 0.717) is 12.4 Å². The molecule has 202 valence electrons. The van der Waals surface area contributed by atoms with E-state index in [1.807, 2.05) is 6.92 Å². The molecule has 0 heterocycles. The molecule has 1 aromatic rings. The Kier molecular flexibility index (Phi) is 6.46. The Morgan fingerprint density at radius 2 is 1.87 bits per heavy atom. The highest BCUT2D eigenvalue weighted by Gasteiger charge is 2.78. The van der Waals surface area contributed by atoms with Crippen molar-refractivity contribution in [2.24, 2.45) is 34.5 Å². The lowest BCUT2D eigenvalue weighted by Crippen LogP contribution is -2.85. The van der Waals surface area contributed by atoms with Gasteiger partial charge in [0.25, 0.3) is 0 Å². The number of nitrogens with zero attached hydrogens (tertiary/aromatic N) is 2. The first kappa shape index (κ1) is 27.4. The summed E-state index contributed by atoms with van der Waals surface area (Å²) in [6.45, 7) is 2.31. The van der Waals surface area contributed by atoms with Crippen molar-refractivity contribution >= 4 is 29.0 Å². The van der Waals surface area contributed by atoms with Crippen molar-refractivity contribution in [2.45, 2.75) is 49.7 Å². The largest absolute Gasteiger partial charge is 0.507 e. The molecule has 12 heteroatoms. The number of Topliss-reactive ketones (excluding diaryl/α,β-unsaturated/α-hetero) is 4. The predicted molar refractivity (Wildman–Crippen MR) is 132 cm³/mol. The zero-order valence-electron chi connectivity index (χ0n) is 21.4. The maximum atomic E-state index is 14.2.